The number of piperazine rings is 1. The van der Waals surface area contributed by atoms with Crippen molar-refractivity contribution in [2.45, 2.75) is 38.9 Å². The van der Waals surface area contributed by atoms with Crippen LogP contribution >= 0.6 is 0 Å². The first-order chi connectivity index (χ1) is 12.2. The van der Waals surface area contributed by atoms with Gasteiger partial charge in [0.2, 0.25) is 5.65 Å². The summed E-state index contributed by atoms with van der Waals surface area (Å²) in [6, 6.07) is 10.0. The van der Waals surface area contributed by atoms with Crippen LogP contribution in [0.2, 0.25) is 0 Å². The van der Waals surface area contributed by atoms with Crippen molar-refractivity contribution in [1.82, 2.24) is 24.5 Å². The molecular formula is C19H22N6. The predicted octanol–water partition coefficient (Wildman–Crippen LogP) is 2.20. The summed E-state index contributed by atoms with van der Waals surface area (Å²) < 4.78 is 2.03. The zero-order valence-corrected chi connectivity index (χ0v) is 14.6. The van der Waals surface area contributed by atoms with Crippen LogP contribution in [-0.4, -0.2) is 49.7 Å². The molecule has 6 nitrogen and oxygen atoms in total. The maximum Gasteiger partial charge on any atom is 0.203 e. The smallest absolute Gasteiger partial charge is 0.203 e. The molecule has 3 aromatic rings. The number of anilines is 1. The highest BCUT2D eigenvalue weighted by Crippen LogP contribution is 2.35. The van der Waals surface area contributed by atoms with E-state index >= 15 is 0 Å². The number of likely N-dealkylation sites (tertiary alicyclic amines) is 1. The van der Waals surface area contributed by atoms with Gasteiger partial charge >= 0.3 is 0 Å². The van der Waals surface area contributed by atoms with Gasteiger partial charge in [0, 0.05) is 44.1 Å². The number of hydrogen-bond donors (Lipinski definition) is 0. The standard InChI is InChI=1S/C19H22N6/c1-13-3-5-15(6-4-13)10-23-11-17-9-16(23)12-25(17)18-19-22-21-14(2)24(19)8-7-20-18/h3-8,16-17H,9-12H2,1-2H3. The molecule has 0 spiro atoms. The first kappa shape index (κ1) is 14.8. The minimum absolute atomic E-state index is 0.520. The molecule has 0 amide bonds. The third kappa shape index (κ3) is 2.40. The fourth-order valence-corrected chi connectivity index (χ4v) is 4.26. The maximum absolute atomic E-state index is 4.62. The van der Waals surface area contributed by atoms with E-state index in [4.69, 9.17) is 0 Å². The minimum Gasteiger partial charge on any atom is -0.348 e. The molecule has 2 atom stereocenters. The highest BCUT2D eigenvalue weighted by Gasteiger charge is 2.44. The second-order valence-electron chi connectivity index (χ2n) is 7.30. The molecule has 2 saturated heterocycles. The summed E-state index contributed by atoms with van der Waals surface area (Å²) in [6.07, 6.45) is 5.00. The Balaban J connectivity index is 1.36. The SMILES string of the molecule is Cc1ccc(CN2CC3CC2CN3c2nccn3c(C)nnc23)cc1. The van der Waals surface area contributed by atoms with Crippen molar-refractivity contribution in [2.75, 3.05) is 18.0 Å². The maximum atomic E-state index is 4.62. The van der Waals surface area contributed by atoms with Crippen LogP contribution in [0.3, 0.4) is 0 Å². The summed E-state index contributed by atoms with van der Waals surface area (Å²) in [5.74, 6) is 1.88. The number of hydrogen-bond acceptors (Lipinski definition) is 5. The predicted molar refractivity (Wildman–Crippen MR) is 96.6 cm³/mol. The van der Waals surface area contributed by atoms with Crippen molar-refractivity contribution >= 4 is 11.5 Å². The molecule has 0 saturated carbocycles. The van der Waals surface area contributed by atoms with Crippen molar-refractivity contribution in [2.24, 2.45) is 0 Å². The molecule has 5 rings (SSSR count). The first-order valence-electron chi connectivity index (χ1n) is 8.91. The fraction of sp³-hybridized carbons (Fsp3) is 0.421. The summed E-state index contributed by atoms with van der Waals surface area (Å²) in [5.41, 5.74) is 3.59. The van der Waals surface area contributed by atoms with Gasteiger partial charge < -0.3 is 4.90 Å². The molecule has 2 fully saturated rings. The van der Waals surface area contributed by atoms with Crippen molar-refractivity contribution in [3.63, 3.8) is 0 Å². The number of benzene rings is 1. The Hall–Kier alpha value is -2.47. The lowest BCUT2D eigenvalue weighted by molar-refractivity contribution is 0.230. The Bertz CT molecular complexity index is 915. The van der Waals surface area contributed by atoms with Crippen LogP contribution < -0.4 is 4.90 Å². The summed E-state index contributed by atoms with van der Waals surface area (Å²) >= 11 is 0. The van der Waals surface area contributed by atoms with Gasteiger partial charge in [0.15, 0.2) is 5.82 Å². The zero-order valence-electron chi connectivity index (χ0n) is 14.6. The molecule has 0 radical (unpaired) electrons. The molecule has 2 unspecified atom stereocenters. The molecule has 2 bridgehead atoms. The van der Waals surface area contributed by atoms with Crippen LogP contribution in [0.5, 0.6) is 0 Å². The minimum atomic E-state index is 0.520. The average Bonchev–Trinajstić information content (AvgIpc) is 3.31. The Kier molecular flexibility index (Phi) is 3.28. The Morgan fingerprint density at radius 1 is 1.04 bits per heavy atom. The number of fused-ring (bicyclic) bond motifs is 3. The van der Waals surface area contributed by atoms with E-state index in [-0.39, 0.29) is 0 Å². The number of nitrogens with zero attached hydrogens (tertiary/aromatic N) is 6. The van der Waals surface area contributed by atoms with Crippen LogP contribution in [0.1, 0.15) is 23.4 Å². The van der Waals surface area contributed by atoms with E-state index in [1.165, 1.54) is 17.5 Å². The van der Waals surface area contributed by atoms with Gasteiger partial charge in [-0.05, 0) is 25.8 Å². The summed E-state index contributed by atoms with van der Waals surface area (Å²) in [5, 5.41) is 8.54. The molecule has 2 aromatic heterocycles. The Morgan fingerprint density at radius 2 is 1.88 bits per heavy atom. The highest BCUT2D eigenvalue weighted by molar-refractivity contribution is 5.65. The zero-order chi connectivity index (χ0) is 17.0. The van der Waals surface area contributed by atoms with Gasteiger partial charge in [0.05, 0.1) is 0 Å². The van der Waals surface area contributed by atoms with Gasteiger partial charge in [0.1, 0.15) is 5.82 Å². The summed E-state index contributed by atoms with van der Waals surface area (Å²) in [4.78, 5) is 9.67. The molecule has 1 aromatic carbocycles. The molecule has 128 valence electrons. The second-order valence-corrected chi connectivity index (χ2v) is 7.30. The molecular weight excluding hydrogens is 312 g/mol. The lowest BCUT2D eigenvalue weighted by Crippen LogP contribution is -2.46. The van der Waals surface area contributed by atoms with Gasteiger partial charge in [0.25, 0.3) is 0 Å². The number of rotatable bonds is 3. The van der Waals surface area contributed by atoms with Crippen molar-refractivity contribution < 1.29 is 0 Å². The van der Waals surface area contributed by atoms with Crippen molar-refractivity contribution in [3.05, 3.63) is 53.6 Å². The fourth-order valence-electron chi connectivity index (χ4n) is 4.26. The lowest BCUT2D eigenvalue weighted by Gasteiger charge is -2.34. The van der Waals surface area contributed by atoms with E-state index in [2.05, 4.69) is 56.2 Å². The Labute approximate surface area is 147 Å². The molecule has 2 aliphatic heterocycles. The topological polar surface area (TPSA) is 49.6 Å². The summed E-state index contributed by atoms with van der Waals surface area (Å²) in [6.45, 7) is 7.27. The van der Waals surface area contributed by atoms with Gasteiger partial charge in [-0.15, -0.1) is 10.2 Å². The van der Waals surface area contributed by atoms with Gasteiger partial charge in [-0.25, -0.2) is 4.98 Å². The molecule has 2 aliphatic rings. The highest BCUT2D eigenvalue weighted by atomic mass is 15.4. The van der Waals surface area contributed by atoms with Crippen LogP contribution in [-0.2, 0) is 6.54 Å². The van der Waals surface area contributed by atoms with E-state index in [1.54, 1.807) is 0 Å². The second kappa shape index (κ2) is 5.52. The third-order valence-corrected chi connectivity index (χ3v) is 5.61. The van der Waals surface area contributed by atoms with E-state index < -0.39 is 0 Å². The molecule has 0 N–H and O–H groups in total. The van der Waals surface area contributed by atoms with Crippen LogP contribution in [0.15, 0.2) is 36.7 Å². The van der Waals surface area contributed by atoms with E-state index in [9.17, 15) is 0 Å². The third-order valence-electron chi connectivity index (χ3n) is 5.61. The van der Waals surface area contributed by atoms with Crippen molar-refractivity contribution in [3.8, 4) is 0 Å². The number of aromatic nitrogens is 4. The molecule has 4 heterocycles. The lowest BCUT2D eigenvalue weighted by atomic mass is 10.1. The first-order valence-corrected chi connectivity index (χ1v) is 8.91. The van der Waals surface area contributed by atoms with E-state index in [1.807, 2.05) is 23.7 Å². The average molecular weight is 334 g/mol. The monoisotopic (exact) mass is 334 g/mol. The van der Waals surface area contributed by atoms with Crippen LogP contribution in [0, 0.1) is 13.8 Å². The van der Waals surface area contributed by atoms with Gasteiger partial charge in [-0.1, -0.05) is 29.8 Å². The quantitative estimate of drug-likeness (QED) is 0.735. The van der Waals surface area contributed by atoms with Crippen LogP contribution in [0.4, 0.5) is 5.82 Å². The number of aryl methyl sites for hydroxylation is 2. The van der Waals surface area contributed by atoms with Crippen molar-refractivity contribution in [1.29, 1.82) is 0 Å². The van der Waals surface area contributed by atoms with Gasteiger partial charge in [-0.2, -0.15) is 0 Å². The normalized spacial score (nSPS) is 23.0. The van der Waals surface area contributed by atoms with Gasteiger partial charge in [-0.3, -0.25) is 9.30 Å². The Morgan fingerprint density at radius 3 is 2.64 bits per heavy atom. The molecule has 25 heavy (non-hydrogen) atoms. The summed E-state index contributed by atoms with van der Waals surface area (Å²) in [7, 11) is 0. The molecule has 0 aliphatic carbocycles. The molecule has 6 heteroatoms. The van der Waals surface area contributed by atoms with Crippen LogP contribution in [0.25, 0.3) is 5.65 Å². The van der Waals surface area contributed by atoms with E-state index in [0.717, 1.165) is 36.9 Å². The largest absolute Gasteiger partial charge is 0.348 e. The van der Waals surface area contributed by atoms with E-state index in [0.29, 0.717) is 12.1 Å².